The van der Waals surface area contributed by atoms with Crippen molar-refractivity contribution < 1.29 is 22.8 Å². The average molecular weight is 278 g/mol. The molecule has 6 heteroatoms. The third-order valence-electron chi connectivity index (χ3n) is 2.97. The Morgan fingerprint density at radius 3 is 1.83 bits per heavy atom. The summed E-state index contributed by atoms with van der Waals surface area (Å²) in [4.78, 5) is 0. The number of ether oxygens (including phenoxy) is 2. The highest BCUT2D eigenvalue weighted by atomic mass is 28.4. The molecule has 108 valence electrons. The molecule has 0 spiro atoms. The fraction of sp³-hybridized carbons (Fsp3) is 1.00. The number of epoxide rings is 1. The van der Waals surface area contributed by atoms with Crippen molar-refractivity contribution in [3.8, 4) is 0 Å². The zero-order chi connectivity index (χ0) is 13.6. The molecule has 2 atom stereocenters. The fourth-order valence-corrected chi connectivity index (χ4v) is 5.33. The molecule has 5 nitrogen and oxygen atoms in total. The van der Waals surface area contributed by atoms with E-state index in [0.29, 0.717) is 19.8 Å². The first-order valence-electron chi connectivity index (χ1n) is 6.81. The van der Waals surface area contributed by atoms with Crippen LogP contribution in [0.2, 0.25) is 0 Å². The summed E-state index contributed by atoms with van der Waals surface area (Å²) in [7, 11) is -1.32. The molecule has 18 heavy (non-hydrogen) atoms. The highest BCUT2D eigenvalue weighted by Gasteiger charge is 2.78. The molecule has 1 aliphatic heterocycles. The van der Waals surface area contributed by atoms with Gasteiger partial charge in [-0.25, -0.2) is 0 Å². The van der Waals surface area contributed by atoms with Gasteiger partial charge in [-0.1, -0.05) is 13.3 Å². The van der Waals surface area contributed by atoms with Gasteiger partial charge < -0.3 is 22.8 Å². The molecule has 0 bridgehead atoms. The molecular formula is C12H26O5Si. The Hall–Kier alpha value is 0.0169. The SMILES string of the molecule is CCCC1OC1(OC)[Si](OCC)(OCC)OCC. The van der Waals surface area contributed by atoms with Crippen LogP contribution in [0.25, 0.3) is 0 Å². The topological polar surface area (TPSA) is 49.5 Å². The van der Waals surface area contributed by atoms with Crippen LogP contribution in [0, 0.1) is 0 Å². The highest BCUT2D eigenvalue weighted by molar-refractivity contribution is 6.64. The molecule has 1 rings (SSSR count). The fourth-order valence-electron chi connectivity index (χ4n) is 2.26. The quantitative estimate of drug-likeness (QED) is 0.452. The third kappa shape index (κ3) is 2.78. The summed E-state index contributed by atoms with van der Waals surface area (Å²) in [6, 6.07) is 0. The number of hydrogen-bond acceptors (Lipinski definition) is 5. The first-order valence-corrected chi connectivity index (χ1v) is 8.53. The second kappa shape index (κ2) is 6.98. The van der Waals surface area contributed by atoms with E-state index in [-0.39, 0.29) is 6.10 Å². The van der Waals surface area contributed by atoms with E-state index in [4.69, 9.17) is 22.8 Å². The summed E-state index contributed by atoms with van der Waals surface area (Å²) in [5.41, 5.74) is -0.801. The number of rotatable bonds is 10. The van der Waals surface area contributed by atoms with Crippen LogP contribution in [0.3, 0.4) is 0 Å². The van der Waals surface area contributed by atoms with Gasteiger partial charge in [0.1, 0.15) is 6.10 Å². The maximum Gasteiger partial charge on any atom is 0.566 e. The molecule has 0 N–H and O–H groups in total. The Morgan fingerprint density at radius 2 is 1.50 bits per heavy atom. The molecule has 0 amide bonds. The van der Waals surface area contributed by atoms with Gasteiger partial charge in [0.2, 0.25) is 0 Å². The van der Waals surface area contributed by atoms with Gasteiger partial charge in [-0.2, -0.15) is 0 Å². The van der Waals surface area contributed by atoms with E-state index in [2.05, 4.69) is 6.92 Å². The van der Waals surface area contributed by atoms with Crippen molar-refractivity contribution in [1.29, 1.82) is 0 Å². The Labute approximate surface area is 111 Å². The van der Waals surface area contributed by atoms with Gasteiger partial charge >= 0.3 is 8.80 Å². The van der Waals surface area contributed by atoms with Crippen molar-refractivity contribution >= 4 is 8.80 Å². The molecule has 0 radical (unpaired) electrons. The molecule has 1 heterocycles. The third-order valence-corrected chi connectivity index (χ3v) is 6.47. The Morgan fingerprint density at radius 1 is 1.00 bits per heavy atom. The van der Waals surface area contributed by atoms with Gasteiger partial charge in [0, 0.05) is 26.9 Å². The summed E-state index contributed by atoms with van der Waals surface area (Å²) in [6.07, 6.45) is 1.98. The van der Waals surface area contributed by atoms with E-state index in [1.807, 2.05) is 20.8 Å². The summed E-state index contributed by atoms with van der Waals surface area (Å²) in [5, 5.41) is 0. The van der Waals surface area contributed by atoms with Crippen LogP contribution in [-0.4, -0.2) is 47.2 Å². The molecule has 1 aliphatic rings. The van der Waals surface area contributed by atoms with E-state index in [1.165, 1.54) is 0 Å². The average Bonchev–Trinajstić information content (AvgIpc) is 3.06. The molecule has 0 aliphatic carbocycles. The molecule has 0 aromatic heterocycles. The van der Waals surface area contributed by atoms with Crippen LogP contribution in [0.4, 0.5) is 0 Å². The second-order valence-corrected chi connectivity index (χ2v) is 6.80. The molecule has 1 fully saturated rings. The van der Waals surface area contributed by atoms with Crippen molar-refractivity contribution in [2.24, 2.45) is 0 Å². The maximum absolute atomic E-state index is 5.85. The lowest BCUT2D eigenvalue weighted by Crippen LogP contribution is -2.61. The molecule has 1 saturated heterocycles. The first-order chi connectivity index (χ1) is 8.66. The van der Waals surface area contributed by atoms with E-state index in [1.54, 1.807) is 7.11 Å². The standard InChI is InChI=1S/C12H26O5Si/c1-6-10-11-12(13-5,17-11)18(14-7-2,15-8-3)16-9-4/h11H,6-10H2,1-5H3. The molecule has 0 aromatic carbocycles. The normalized spacial score (nSPS) is 27.5. The Bertz CT molecular complexity index is 234. The van der Waals surface area contributed by atoms with Crippen molar-refractivity contribution in [2.75, 3.05) is 26.9 Å². The molecule has 2 unspecified atom stereocenters. The number of hydrogen-bond donors (Lipinski definition) is 0. The number of methoxy groups -OCH3 is 1. The summed E-state index contributed by atoms with van der Waals surface area (Å²) in [6.45, 7) is 9.49. The maximum atomic E-state index is 5.85. The van der Waals surface area contributed by atoms with E-state index in [9.17, 15) is 0 Å². The lowest BCUT2D eigenvalue weighted by atomic mass is 10.2. The van der Waals surface area contributed by atoms with Gasteiger partial charge in [0.25, 0.3) is 5.41 Å². The van der Waals surface area contributed by atoms with Gasteiger partial charge in [0.15, 0.2) is 0 Å². The van der Waals surface area contributed by atoms with Crippen molar-refractivity contribution in [3.63, 3.8) is 0 Å². The zero-order valence-corrected chi connectivity index (χ0v) is 13.2. The highest BCUT2D eigenvalue weighted by Crippen LogP contribution is 2.48. The lowest BCUT2D eigenvalue weighted by molar-refractivity contribution is -0.0499. The monoisotopic (exact) mass is 278 g/mol. The summed E-state index contributed by atoms with van der Waals surface area (Å²) in [5.74, 6) is 0. The van der Waals surface area contributed by atoms with Gasteiger partial charge in [-0.15, -0.1) is 0 Å². The second-order valence-electron chi connectivity index (χ2n) is 4.12. The van der Waals surface area contributed by atoms with E-state index < -0.39 is 14.2 Å². The predicted molar refractivity (Wildman–Crippen MR) is 70.2 cm³/mol. The van der Waals surface area contributed by atoms with Gasteiger partial charge in [-0.3, -0.25) is 0 Å². The lowest BCUT2D eigenvalue weighted by Gasteiger charge is -2.32. The van der Waals surface area contributed by atoms with Crippen molar-refractivity contribution in [1.82, 2.24) is 0 Å². The van der Waals surface area contributed by atoms with E-state index in [0.717, 1.165) is 12.8 Å². The largest absolute Gasteiger partial charge is 0.566 e. The molecule has 0 saturated carbocycles. The molecule has 0 aromatic rings. The minimum Gasteiger partial charge on any atom is -0.371 e. The minimum atomic E-state index is -2.96. The smallest absolute Gasteiger partial charge is 0.371 e. The Kier molecular flexibility index (Phi) is 6.23. The predicted octanol–water partition coefficient (Wildman–Crippen LogP) is 2.12. The van der Waals surface area contributed by atoms with Crippen LogP contribution in [-0.2, 0) is 22.8 Å². The summed E-state index contributed by atoms with van der Waals surface area (Å²) < 4.78 is 28.9. The van der Waals surface area contributed by atoms with Crippen LogP contribution in [0.1, 0.15) is 40.5 Å². The van der Waals surface area contributed by atoms with Crippen molar-refractivity contribution in [2.45, 2.75) is 52.1 Å². The van der Waals surface area contributed by atoms with Crippen LogP contribution in [0.5, 0.6) is 0 Å². The minimum absolute atomic E-state index is 0.0174. The van der Waals surface area contributed by atoms with Crippen LogP contribution < -0.4 is 0 Å². The first kappa shape index (κ1) is 16.1. The summed E-state index contributed by atoms with van der Waals surface area (Å²) >= 11 is 0. The van der Waals surface area contributed by atoms with Gasteiger partial charge in [0.05, 0.1) is 0 Å². The van der Waals surface area contributed by atoms with Crippen LogP contribution >= 0.6 is 0 Å². The van der Waals surface area contributed by atoms with Gasteiger partial charge in [-0.05, 0) is 27.2 Å². The zero-order valence-electron chi connectivity index (χ0n) is 12.2. The van der Waals surface area contributed by atoms with Crippen LogP contribution in [0.15, 0.2) is 0 Å². The van der Waals surface area contributed by atoms with Crippen molar-refractivity contribution in [3.05, 3.63) is 0 Å². The van der Waals surface area contributed by atoms with E-state index >= 15 is 0 Å². The molecular weight excluding hydrogens is 252 g/mol. The Balaban J connectivity index is 2.92.